The fourth-order valence-corrected chi connectivity index (χ4v) is 5.16. The summed E-state index contributed by atoms with van der Waals surface area (Å²) in [6.45, 7) is 1.00. The Morgan fingerprint density at radius 2 is 1.77 bits per heavy atom. The summed E-state index contributed by atoms with van der Waals surface area (Å²) in [5.74, 6) is 1.68. The van der Waals surface area contributed by atoms with Crippen LogP contribution >= 0.6 is 0 Å². The quantitative estimate of drug-likeness (QED) is 0.679. The SMILES string of the molecule is COc1ccc2c(c1)CCN1C(Cc3ccccc3)c3cc(OC)c(O)cc3CC21. The van der Waals surface area contributed by atoms with Crippen molar-refractivity contribution in [2.24, 2.45) is 0 Å². The van der Waals surface area contributed by atoms with Gasteiger partial charge in [-0.15, -0.1) is 0 Å². The number of benzene rings is 3. The van der Waals surface area contributed by atoms with Crippen LogP contribution < -0.4 is 9.47 Å². The van der Waals surface area contributed by atoms with E-state index in [-0.39, 0.29) is 11.8 Å². The zero-order valence-corrected chi connectivity index (χ0v) is 17.5. The number of ether oxygens (including phenoxy) is 2. The Labute approximate surface area is 177 Å². The minimum Gasteiger partial charge on any atom is -0.504 e. The number of phenols is 1. The number of nitrogens with zero attached hydrogens (tertiary/aromatic N) is 1. The molecular weight excluding hydrogens is 374 g/mol. The summed E-state index contributed by atoms with van der Waals surface area (Å²) < 4.78 is 10.9. The van der Waals surface area contributed by atoms with E-state index in [1.165, 1.54) is 27.8 Å². The molecule has 0 amide bonds. The Morgan fingerprint density at radius 3 is 2.53 bits per heavy atom. The summed E-state index contributed by atoms with van der Waals surface area (Å²) >= 11 is 0. The number of methoxy groups -OCH3 is 2. The second-order valence-corrected chi connectivity index (χ2v) is 8.20. The van der Waals surface area contributed by atoms with E-state index in [0.29, 0.717) is 11.8 Å². The molecule has 0 aromatic heterocycles. The third-order valence-electron chi connectivity index (χ3n) is 6.63. The number of hydrogen-bond donors (Lipinski definition) is 1. The topological polar surface area (TPSA) is 41.9 Å². The van der Waals surface area contributed by atoms with Crippen LogP contribution in [0.3, 0.4) is 0 Å². The molecule has 0 radical (unpaired) electrons. The molecule has 1 N–H and O–H groups in total. The van der Waals surface area contributed by atoms with Crippen molar-refractivity contribution in [2.45, 2.75) is 31.3 Å². The number of phenolic OH excluding ortho intramolecular Hbond substituents is 1. The number of hydrogen-bond acceptors (Lipinski definition) is 4. The summed E-state index contributed by atoms with van der Waals surface area (Å²) in [5.41, 5.74) is 6.54. The fraction of sp³-hybridized carbons (Fsp3) is 0.308. The molecule has 2 unspecified atom stereocenters. The van der Waals surface area contributed by atoms with Crippen molar-refractivity contribution in [1.29, 1.82) is 0 Å². The first-order chi connectivity index (χ1) is 14.7. The third-order valence-corrected chi connectivity index (χ3v) is 6.63. The second-order valence-electron chi connectivity index (χ2n) is 8.20. The molecule has 0 spiro atoms. The van der Waals surface area contributed by atoms with Crippen molar-refractivity contribution in [1.82, 2.24) is 4.90 Å². The fourth-order valence-electron chi connectivity index (χ4n) is 5.16. The minimum atomic E-state index is 0.217. The Bertz CT molecular complexity index is 1060. The monoisotopic (exact) mass is 401 g/mol. The van der Waals surface area contributed by atoms with Gasteiger partial charge >= 0.3 is 0 Å². The summed E-state index contributed by atoms with van der Waals surface area (Å²) in [6.07, 6.45) is 2.83. The van der Waals surface area contributed by atoms with Crippen LogP contribution in [0.2, 0.25) is 0 Å². The molecule has 4 heteroatoms. The van der Waals surface area contributed by atoms with Crippen LogP contribution in [0.15, 0.2) is 60.7 Å². The zero-order chi connectivity index (χ0) is 20.7. The van der Waals surface area contributed by atoms with Gasteiger partial charge in [0.1, 0.15) is 5.75 Å². The van der Waals surface area contributed by atoms with E-state index in [9.17, 15) is 5.11 Å². The lowest BCUT2D eigenvalue weighted by Gasteiger charge is -2.47. The number of rotatable bonds is 4. The molecule has 0 saturated carbocycles. The average molecular weight is 402 g/mol. The molecule has 30 heavy (non-hydrogen) atoms. The highest BCUT2D eigenvalue weighted by molar-refractivity contribution is 5.51. The van der Waals surface area contributed by atoms with Crippen LogP contribution in [0.25, 0.3) is 0 Å². The molecule has 3 aromatic rings. The third kappa shape index (κ3) is 3.21. The maximum atomic E-state index is 10.4. The predicted octanol–water partition coefficient (Wildman–Crippen LogP) is 4.85. The van der Waals surface area contributed by atoms with Crippen molar-refractivity contribution in [3.63, 3.8) is 0 Å². The maximum absolute atomic E-state index is 10.4. The van der Waals surface area contributed by atoms with Crippen molar-refractivity contribution < 1.29 is 14.6 Å². The van der Waals surface area contributed by atoms with Gasteiger partial charge in [0, 0.05) is 18.6 Å². The standard InChI is InChI=1S/C26H27NO3/c1-29-20-8-9-21-18(13-20)10-11-27-23(12-17-6-4-3-5-7-17)22-16-26(30-2)25(28)15-19(22)14-24(21)27/h3-9,13,15-16,23-24,28H,10-12,14H2,1-2H3. The Morgan fingerprint density at radius 1 is 0.933 bits per heavy atom. The predicted molar refractivity (Wildman–Crippen MR) is 117 cm³/mol. The van der Waals surface area contributed by atoms with Gasteiger partial charge in [0.25, 0.3) is 0 Å². The smallest absolute Gasteiger partial charge is 0.160 e. The highest BCUT2D eigenvalue weighted by Gasteiger charge is 2.39. The molecule has 154 valence electrons. The number of aromatic hydroxyl groups is 1. The molecule has 2 atom stereocenters. The number of fused-ring (bicyclic) bond motifs is 4. The lowest BCUT2D eigenvalue weighted by atomic mass is 9.79. The molecule has 2 heterocycles. The van der Waals surface area contributed by atoms with Gasteiger partial charge in [0.15, 0.2) is 11.5 Å². The molecule has 3 aromatic carbocycles. The van der Waals surface area contributed by atoms with Gasteiger partial charge in [0.2, 0.25) is 0 Å². The molecule has 0 bridgehead atoms. The van der Waals surface area contributed by atoms with Crippen LogP contribution in [0.5, 0.6) is 17.2 Å². The van der Waals surface area contributed by atoms with Gasteiger partial charge in [0.05, 0.1) is 14.2 Å². The Kier molecular flexibility index (Phi) is 4.87. The van der Waals surface area contributed by atoms with E-state index in [1.54, 1.807) is 14.2 Å². The first-order valence-electron chi connectivity index (χ1n) is 10.5. The van der Waals surface area contributed by atoms with Crippen molar-refractivity contribution in [3.8, 4) is 17.2 Å². The minimum absolute atomic E-state index is 0.217. The molecular formula is C26H27NO3. The van der Waals surface area contributed by atoms with Crippen LogP contribution in [-0.4, -0.2) is 30.8 Å². The highest BCUT2D eigenvalue weighted by atomic mass is 16.5. The van der Waals surface area contributed by atoms with E-state index in [2.05, 4.69) is 53.4 Å². The van der Waals surface area contributed by atoms with E-state index in [4.69, 9.17) is 9.47 Å². The second kappa shape index (κ2) is 7.69. The molecule has 2 aliphatic rings. The molecule has 0 fully saturated rings. The van der Waals surface area contributed by atoms with Gasteiger partial charge in [-0.05, 0) is 71.3 Å². The van der Waals surface area contributed by atoms with Gasteiger partial charge in [-0.2, -0.15) is 0 Å². The zero-order valence-electron chi connectivity index (χ0n) is 17.5. The van der Waals surface area contributed by atoms with Crippen LogP contribution in [0.4, 0.5) is 0 Å². The van der Waals surface area contributed by atoms with Crippen molar-refractivity contribution >= 4 is 0 Å². The lowest BCUT2D eigenvalue weighted by Crippen LogP contribution is -2.43. The molecule has 4 nitrogen and oxygen atoms in total. The first-order valence-corrected chi connectivity index (χ1v) is 10.5. The van der Waals surface area contributed by atoms with Gasteiger partial charge in [-0.25, -0.2) is 0 Å². The average Bonchev–Trinajstić information content (AvgIpc) is 2.78. The van der Waals surface area contributed by atoms with E-state index in [1.807, 2.05) is 12.1 Å². The van der Waals surface area contributed by atoms with Crippen LogP contribution in [-0.2, 0) is 19.3 Å². The highest BCUT2D eigenvalue weighted by Crippen LogP contribution is 2.47. The van der Waals surface area contributed by atoms with Crippen molar-refractivity contribution in [2.75, 3.05) is 20.8 Å². The van der Waals surface area contributed by atoms with Gasteiger partial charge in [-0.3, -0.25) is 4.90 Å². The Balaban J connectivity index is 1.61. The first kappa shape index (κ1) is 19.0. The summed E-state index contributed by atoms with van der Waals surface area (Å²) in [7, 11) is 3.34. The van der Waals surface area contributed by atoms with Crippen LogP contribution in [0, 0.1) is 0 Å². The summed E-state index contributed by atoms with van der Waals surface area (Å²) in [4.78, 5) is 2.64. The van der Waals surface area contributed by atoms with E-state index >= 15 is 0 Å². The normalized spacial score (nSPS) is 20.1. The lowest BCUT2D eigenvalue weighted by molar-refractivity contribution is 0.106. The molecule has 5 rings (SSSR count). The van der Waals surface area contributed by atoms with Crippen LogP contribution in [0.1, 0.15) is 39.9 Å². The molecule has 0 aliphatic carbocycles. The van der Waals surface area contributed by atoms with Gasteiger partial charge in [-0.1, -0.05) is 36.4 Å². The van der Waals surface area contributed by atoms with Crippen molar-refractivity contribution in [3.05, 3.63) is 88.5 Å². The maximum Gasteiger partial charge on any atom is 0.160 e. The summed E-state index contributed by atoms with van der Waals surface area (Å²) in [5, 5.41) is 10.4. The van der Waals surface area contributed by atoms with E-state index in [0.717, 1.165) is 31.6 Å². The molecule has 0 saturated heterocycles. The Hall–Kier alpha value is -2.98. The largest absolute Gasteiger partial charge is 0.504 e. The molecule has 2 aliphatic heterocycles. The summed E-state index contributed by atoms with van der Waals surface area (Å²) in [6, 6.07) is 21.6. The van der Waals surface area contributed by atoms with E-state index < -0.39 is 0 Å². The van der Waals surface area contributed by atoms with Gasteiger partial charge < -0.3 is 14.6 Å².